The number of aromatic amines is 1. The van der Waals surface area contributed by atoms with Crippen LogP contribution < -0.4 is 0 Å². The lowest BCUT2D eigenvalue weighted by Gasteiger charge is -2.02. The summed E-state index contributed by atoms with van der Waals surface area (Å²) in [7, 11) is 0. The van der Waals surface area contributed by atoms with Crippen molar-refractivity contribution in [1.29, 1.82) is 0 Å². The molecule has 0 saturated heterocycles. The molecule has 0 aliphatic carbocycles. The molecule has 0 spiro atoms. The molecule has 0 aliphatic rings. The van der Waals surface area contributed by atoms with Crippen molar-refractivity contribution in [2.75, 3.05) is 0 Å². The van der Waals surface area contributed by atoms with Crippen molar-refractivity contribution in [2.45, 2.75) is 6.92 Å². The van der Waals surface area contributed by atoms with Crippen LogP contribution >= 0.6 is 0 Å². The summed E-state index contributed by atoms with van der Waals surface area (Å²) in [6, 6.07) is 5.76. The first-order valence-corrected chi connectivity index (χ1v) is 4.37. The third-order valence-corrected chi connectivity index (χ3v) is 2.05. The van der Waals surface area contributed by atoms with Crippen LogP contribution in [0.5, 0.6) is 0 Å². The molecule has 70 valence electrons. The van der Waals surface area contributed by atoms with Gasteiger partial charge >= 0.3 is 0 Å². The Morgan fingerprint density at radius 3 is 3.00 bits per heavy atom. The first kappa shape index (κ1) is 8.69. The number of aromatic nitrogens is 2. The number of rotatable bonds is 2. The van der Waals surface area contributed by atoms with Crippen molar-refractivity contribution < 1.29 is 4.79 Å². The Kier molecular flexibility index (Phi) is 2.14. The van der Waals surface area contributed by atoms with E-state index in [1.165, 1.54) is 0 Å². The Morgan fingerprint density at radius 1 is 1.50 bits per heavy atom. The van der Waals surface area contributed by atoms with E-state index in [1.54, 1.807) is 6.20 Å². The lowest BCUT2D eigenvalue weighted by atomic mass is 10.1. The van der Waals surface area contributed by atoms with Gasteiger partial charge in [0, 0.05) is 23.7 Å². The van der Waals surface area contributed by atoms with Crippen LogP contribution in [0.4, 0.5) is 0 Å². The quantitative estimate of drug-likeness (QED) is 0.731. The minimum Gasteiger partial charge on any atom is -0.361 e. The van der Waals surface area contributed by atoms with Crippen molar-refractivity contribution in [2.24, 2.45) is 0 Å². The molecule has 0 saturated carbocycles. The zero-order valence-corrected chi connectivity index (χ0v) is 7.82. The van der Waals surface area contributed by atoms with E-state index in [2.05, 4.69) is 9.97 Å². The second-order valence-corrected chi connectivity index (χ2v) is 3.15. The maximum absolute atomic E-state index is 10.8. The lowest BCUT2D eigenvalue weighted by molar-refractivity contribution is 0.111. The number of hydrogen-bond acceptors (Lipinski definition) is 2. The minimum absolute atomic E-state index is 0.470. The van der Waals surface area contributed by atoms with Crippen LogP contribution in [0, 0.1) is 6.92 Å². The number of carbonyl (C=O) groups is 1. The largest absolute Gasteiger partial charge is 0.361 e. The van der Waals surface area contributed by atoms with Crippen LogP contribution in [0.1, 0.15) is 16.1 Å². The summed E-state index contributed by atoms with van der Waals surface area (Å²) in [6.07, 6.45) is 4.29. The predicted molar refractivity (Wildman–Crippen MR) is 54.1 cm³/mol. The highest BCUT2D eigenvalue weighted by molar-refractivity contribution is 5.84. The van der Waals surface area contributed by atoms with Gasteiger partial charge in [-0.2, -0.15) is 0 Å². The average Bonchev–Trinajstić information content (AvgIpc) is 2.70. The van der Waals surface area contributed by atoms with Gasteiger partial charge in [0.2, 0.25) is 0 Å². The molecule has 2 aromatic heterocycles. The highest BCUT2D eigenvalue weighted by Crippen LogP contribution is 2.20. The summed E-state index contributed by atoms with van der Waals surface area (Å²) < 4.78 is 0. The molecule has 0 atom stereocenters. The van der Waals surface area contributed by atoms with Gasteiger partial charge in [-0.15, -0.1) is 0 Å². The van der Waals surface area contributed by atoms with Crippen LogP contribution in [-0.2, 0) is 0 Å². The molecule has 2 aromatic rings. The summed E-state index contributed by atoms with van der Waals surface area (Å²) in [5, 5.41) is 0. The average molecular weight is 186 g/mol. The van der Waals surface area contributed by atoms with Crippen LogP contribution in [0.3, 0.4) is 0 Å². The van der Waals surface area contributed by atoms with E-state index < -0.39 is 0 Å². The standard InChI is InChI=1S/C11H10N2O/c1-8-5-9(10-3-2-4-12-10)11(7-14)13-6-8/h2-7,12H,1H3. The van der Waals surface area contributed by atoms with Gasteiger partial charge in [-0.25, -0.2) is 0 Å². The number of pyridine rings is 1. The maximum Gasteiger partial charge on any atom is 0.169 e. The van der Waals surface area contributed by atoms with Gasteiger partial charge in [-0.1, -0.05) is 0 Å². The number of H-pyrrole nitrogens is 1. The van der Waals surface area contributed by atoms with Crippen LogP contribution in [0.25, 0.3) is 11.3 Å². The summed E-state index contributed by atoms with van der Waals surface area (Å²) in [6.45, 7) is 1.95. The molecule has 0 unspecified atom stereocenters. The van der Waals surface area contributed by atoms with Gasteiger partial charge in [-0.3, -0.25) is 9.78 Å². The van der Waals surface area contributed by atoms with Gasteiger partial charge in [0.25, 0.3) is 0 Å². The highest BCUT2D eigenvalue weighted by atomic mass is 16.1. The molecule has 1 N–H and O–H groups in total. The fourth-order valence-electron chi connectivity index (χ4n) is 1.39. The molecule has 3 nitrogen and oxygen atoms in total. The van der Waals surface area contributed by atoms with Crippen LogP contribution in [0.15, 0.2) is 30.6 Å². The number of nitrogens with one attached hydrogen (secondary N) is 1. The molecule has 3 heteroatoms. The maximum atomic E-state index is 10.8. The molecular formula is C11H10N2O. The van der Waals surface area contributed by atoms with E-state index in [-0.39, 0.29) is 0 Å². The molecule has 0 aromatic carbocycles. The number of nitrogens with zero attached hydrogens (tertiary/aromatic N) is 1. The minimum atomic E-state index is 0.470. The molecule has 0 fully saturated rings. The van der Waals surface area contributed by atoms with E-state index in [0.29, 0.717) is 5.69 Å². The number of aldehydes is 1. The summed E-state index contributed by atoms with van der Waals surface area (Å²) >= 11 is 0. The van der Waals surface area contributed by atoms with Crippen molar-refractivity contribution in [3.63, 3.8) is 0 Å². The second-order valence-electron chi connectivity index (χ2n) is 3.15. The third-order valence-electron chi connectivity index (χ3n) is 2.05. The number of hydrogen-bond donors (Lipinski definition) is 1. The normalized spacial score (nSPS) is 10.1. The highest BCUT2D eigenvalue weighted by Gasteiger charge is 2.06. The molecule has 0 radical (unpaired) electrons. The number of carbonyl (C=O) groups excluding carboxylic acids is 1. The summed E-state index contributed by atoms with van der Waals surface area (Å²) in [5.74, 6) is 0. The topological polar surface area (TPSA) is 45.8 Å². The Bertz CT molecular complexity index is 446. The molecule has 14 heavy (non-hydrogen) atoms. The Labute approximate surface area is 81.8 Å². The molecule has 2 heterocycles. The Morgan fingerprint density at radius 2 is 2.36 bits per heavy atom. The van der Waals surface area contributed by atoms with E-state index in [9.17, 15) is 4.79 Å². The van der Waals surface area contributed by atoms with Gasteiger partial charge in [-0.05, 0) is 30.7 Å². The molecular weight excluding hydrogens is 176 g/mol. The second kappa shape index (κ2) is 3.46. The number of aryl methyl sites for hydroxylation is 1. The van der Waals surface area contributed by atoms with E-state index in [0.717, 1.165) is 23.1 Å². The van der Waals surface area contributed by atoms with Crippen LogP contribution in [0.2, 0.25) is 0 Å². The van der Waals surface area contributed by atoms with Gasteiger partial charge in [0.05, 0.1) is 0 Å². The van der Waals surface area contributed by atoms with E-state index >= 15 is 0 Å². The van der Waals surface area contributed by atoms with Crippen molar-refractivity contribution in [1.82, 2.24) is 9.97 Å². The molecule has 0 bridgehead atoms. The Balaban J connectivity index is 2.61. The van der Waals surface area contributed by atoms with Crippen molar-refractivity contribution >= 4 is 6.29 Å². The van der Waals surface area contributed by atoms with E-state index in [4.69, 9.17) is 0 Å². The molecule has 0 amide bonds. The Hall–Kier alpha value is -1.90. The third kappa shape index (κ3) is 1.44. The predicted octanol–water partition coefficient (Wildman–Crippen LogP) is 2.20. The summed E-state index contributed by atoms with van der Waals surface area (Å²) in [4.78, 5) is 17.9. The van der Waals surface area contributed by atoms with Gasteiger partial charge < -0.3 is 4.98 Å². The monoisotopic (exact) mass is 186 g/mol. The smallest absolute Gasteiger partial charge is 0.169 e. The fraction of sp³-hybridized carbons (Fsp3) is 0.0909. The molecule has 2 rings (SSSR count). The fourth-order valence-corrected chi connectivity index (χ4v) is 1.39. The first-order chi connectivity index (χ1) is 6.81. The van der Waals surface area contributed by atoms with E-state index in [1.807, 2.05) is 31.3 Å². The molecule has 0 aliphatic heterocycles. The zero-order chi connectivity index (χ0) is 9.97. The lowest BCUT2D eigenvalue weighted by Crippen LogP contribution is -1.93. The van der Waals surface area contributed by atoms with Gasteiger partial charge in [0.1, 0.15) is 5.69 Å². The van der Waals surface area contributed by atoms with Crippen LogP contribution in [-0.4, -0.2) is 16.3 Å². The summed E-state index contributed by atoms with van der Waals surface area (Å²) in [5.41, 5.74) is 3.28. The first-order valence-electron chi connectivity index (χ1n) is 4.37. The van der Waals surface area contributed by atoms with Crippen molar-refractivity contribution in [3.8, 4) is 11.3 Å². The van der Waals surface area contributed by atoms with Gasteiger partial charge in [0.15, 0.2) is 6.29 Å². The zero-order valence-electron chi connectivity index (χ0n) is 7.82. The SMILES string of the molecule is Cc1cnc(C=O)c(-c2ccc[nH]2)c1. The van der Waals surface area contributed by atoms with Crippen molar-refractivity contribution in [3.05, 3.63) is 41.9 Å².